The standard InChI is InChI=1S/C19H20O4/c1-14-4-10-18(22-3)16(12-14)13-23-19(20)11-7-15-5-8-17(21-2)9-6-15/h4-12H,13H2,1-3H3/b11-7+. The zero-order valence-electron chi connectivity index (χ0n) is 13.5. The fourth-order valence-corrected chi connectivity index (χ4v) is 2.10. The predicted octanol–water partition coefficient (Wildman–Crippen LogP) is 3.77. The monoisotopic (exact) mass is 312 g/mol. The fourth-order valence-electron chi connectivity index (χ4n) is 2.10. The van der Waals surface area contributed by atoms with Crippen LogP contribution in [0.3, 0.4) is 0 Å². The minimum absolute atomic E-state index is 0.177. The summed E-state index contributed by atoms with van der Waals surface area (Å²) in [5.74, 6) is 1.09. The average Bonchev–Trinajstić information content (AvgIpc) is 2.58. The molecule has 0 unspecified atom stereocenters. The largest absolute Gasteiger partial charge is 0.497 e. The first-order valence-electron chi connectivity index (χ1n) is 7.25. The molecule has 0 heterocycles. The first-order chi connectivity index (χ1) is 11.1. The molecule has 0 spiro atoms. The summed E-state index contributed by atoms with van der Waals surface area (Å²) >= 11 is 0. The van der Waals surface area contributed by atoms with Gasteiger partial charge in [-0.25, -0.2) is 4.79 Å². The molecule has 120 valence electrons. The molecule has 2 rings (SSSR count). The lowest BCUT2D eigenvalue weighted by molar-refractivity contribution is -0.138. The number of hydrogen-bond acceptors (Lipinski definition) is 4. The van der Waals surface area contributed by atoms with Crippen molar-refractivity contribution in [3.05, 3.63) is 65.2 Å². The summed E-state index contributed by atoms with van der Waals surface area (Å²) in [5, 5.41) is 0. The third-order valence-electron chi connectivity index (χ3n) is 3.33. The van der Waals surface area contributed by atoms with Gasteiger partial charge in [0.2, 0.25) is 0 Å². The summed E-state index contributed by atoms with van der Waals surface area (Å²) in [6, 6.07) is 13.2. The van der Waals surface area contributed by atoms with Crippen molar-refractivity contribution in [2.24, 2.45) is 0 Å². The SMILES string of the molecule is COc1ccc(/C=C/C(=O)OCc2cc(C)ccc2OC)cc1. The first kappa shape index (κ1) is 16.6. The second-order valence-corrected chi connectivity index (χ2v) is 5.03. The molecule has 4 nitrogen and oxygen atoms in total. The Labute approximate surface area is 136 Å². The zero-order valence-corrected chi connectivity index (χ0v) is 13.5. The molecule has 0 saturated carbocycles. The molecule has 0 aliphatic rings. The Balaban J connectivity index is 1.94. The summed E-state index contributed by atoms with van der Waals surface area (Å²) in [6.45, 7) is 2.16. The highest BCUT2D eigenvalue weighted by Crippen LogP contribution is 2.20. The van der Waals surface area contributed by atoms with Gasteiger partial charge in [-0.2, -0.15) is 0 Å². The highest BCUT2D eigenvalue weighted by molar-refractivity contribution is 5.87. The molecule has 0 aliphatic heterocycles. The Morgan fingerprint density at radius 1 is 1.04 bits per heavy atom. The number of carbonyl (C=O) groups is 1. The summed E-state index contributed by atoms with van der Waals surface area (Å²) in [7, 11) is 3.21. The number of benzene rings is 2. The number of rotatable bonds is 6. The molecule has 0 aliphatic carbocycles. The maximum atomic E-state index is 11.8. The maximum Gasteiger partial charge on any atom is 0.331 e. The van der Waals surface area contributed by atoms with Gasteiger partial charge in [-0.15, -0.1) is 0 Å². The van der Waals surface area contributed by atoms with Gasteiger partial charge in [0.15, 0.2) is 0 Å². The van der Waals surface area contributed by atoms with Crippen LogP contribution in [-0.2, 0) is 16.1 Å². The number of methoxy groups -OCH3 is 2. The van der Waals surface area contributed by atoms with Crippen LogP contribution >= 0.6 is 0 Å². The topological polar surface area (TPSA) is 44.8 Å². The van der Waals surface area contributed by atoms with Crippen LogP contribution in [0.25, 0.3) is 6.08 Å². The van der Waals surface area contributed by atoms with Gasteiger partial charge in [0.05, 0.1) is 14.2 Å². The minimum Gasteiger partial charge on any atom is -0.497 e. The van der Waals surface area contributed by atoms with Crippen LogP contribution in [0.2, 0.25) is 0 Å². The van der Waals surface area contributed by atoms with Gasteiger partial charge in [0.1, 0.15) is 18.1 Å². The van der Waals surface area contributed by atoms with Gasteiger partial charge < -0.3 is 14.2 Å². The average molecular weight is 312 g/mol. The van der Waals surface area contributed by atoms with E-state index in [4.69, 9.17) is 14.2 Å². The van der Waals surface area contributed by atoms with Gasteiger partial charge in [-0.05, 0) is 42.8 Å². The predicted molar refractivity (Wildman–Crippen MR) is 89.6 cm³/mol. The summed E-state index contributed by atoms with van der Waals surface area (Å²) in [4.78, 5) is 11.8. The van der Waals surface area contributed by atoms with Gasteiger partial charge in [0, 0.05) is 11.6 Å². The molecule has 0 fully saturated rings. The van der Waals surface area contributed by atoms with Crippen molar-refractivity contribution in [3.8, 4) is 11.5 Å². The number of carbonyl (C=O) groups excluding carboxylic acids is 1. The lowest BCUT2D eigenvalue weighted by Gasteiger charge is -2.09. The summed E-state index contributed by atoms with van der Waals surface area (Å²) in [6.07, 6.45) is 3.11. The summed E-state index contributed by atoms with van der Waals surface area (Å²) < 4.78 is 15.6. The van der Waals surface area contributed by atoms with Crippen molar-refractivity contribution < 1.29 is 19.0 Å². The van der Waals surface area contributed by atoms with E-state index in [0.717, 1.165) is 22.4 Å². The van der Waals surface area contributed by atoms with E-state index in [1.165, 1.54) is 6.08 Å². The van der Waals surface area contributed by atoms with Crippen LogP contribution in [0.5, 0.6) is 11.5 Å². The molecule has 2 aromatic carbocycles. The second-order valence-electron chi connectivity index (χ2n) is 5.03. The lowest BCUT2D eigenvalue weighted by Crippen LogP contribution is -2.02. The Morgan fingerprint density at radius 2 is 1.78 bits per heavy atom. The van der Waals surface area contributed by atoms with Crippen LogP contribution in [0.1, 0.15) is 16.7 Å². The zero-order chi connectivity index (χ0) is 16.7. The molecule has 0 atom stereocenters. The molecule has 0 amide bonds. The first-order valence-corrected chi connectivity index (χ1v) is 7.25. The Morgan fingerprint density at radius 3 is 2.43 bits per heavy atom. The second kappa shape index (κ2) is 8.03. The molecule has 2 aromatic rings. The molecular formula is C19H20O4. The van der Waals surface area contributed by atoms with Crippen LogP contribution < -0.4 is 9.47 Å². The van der Waals surface area contributed by atoms with Crippen LogP contribution in [0.15, 0.2) is 48.5 Å². The number of ether oxygens (including phenoxy) is 3. The molecule has 4 heteroatoms. The Kier molecular flexibility index (Phi) is 5.80. The third-order valence-corrected chi connectivity index (χ3v) is 3.33. The Hall–Kier alpha value is -2.75. The van der Waals surface area contributed by atoms with Crippen molar-refractivity contribution in [2.45, 2.75) is 13.5 Å². The molecule has 0 aromatic heterocycles. The van der Waals surface area contributed by atoms with Crippen LogP contribution in [-0.4, -0.2) is 20.2 Å². The minimum atomic E-state index is -0.399. The summed E-state index contributed by atoms with van der Waals surface area (Å²) in [5.41, 5.74) is 2.83. The fraction of sp³-hybridized carbons (Fsp3) is 0.211. The van der Waals surface area contributed by atoms with Crippen molar-refractivity contribution in [3.63, 3.8) is 0 Å². The van der Waals surface area contributed by atoms with E-state index >= 15 is 0 Å². The van der Waals surface area contributed by atoms with Crippen molar-refractivity contribution in [1.82, 2.24) is 0 Å². The Bertz CT molecular complexity index is 687. The molecular weight excluding hydrogens is 292 g/mol. The molecule has 23 heavy (non-hydrogen) atoms. The van der Waals surface area contributed by atoms with E-state index in [1.807, 2.05) is 49.4 Å². The van der Waals surface area contributed by atoms with E-state index in [2.05, 4.69) is 0 Å². The number of aryl methyl sites for hydroxylation is 1. The lowest BCUT2D eigenvalue weighted by atomic mass is 10.1. The van der Waals surface area contributed by atoms with Crippen molar-refractivity contribution in [2.75, 3.05) is 14.2 Å². The number of esters is 1. The quantitative estimate of drug-likeness (QED) is 0.601. The van der Waals surface area contributed by atoms with Crippen molar-refractivity contribution in [1.29, 1.82) is 0 Å². The van der Waals surface area contributed by atoms with Crippen LogP contribution in [0, 0.1) is 6.92 Å². The third kappa shape index (κ3) is 4.88. The van der Waals surface area contributed by atoms with Gasteiger partial charge in [-0.3, -0.25) is 0 Å². The van der Waals surface area contributed by atoms with Gasteiger partial charge >= 0.3 is 5.97 Å². The van der Waals surface area contributed by atoms with E-state index in [9.17, 15) is 4.79 Å². The molecule has 0 radical (unpaired) electrons. The normalized spacial score (nSPS) is 10.6. The van der Waals surface area contributed by atoms with Crippen molar-refractivity contribution >= 4 is 12.0 Å². The van der Waals surface area contributed by atoms with Gasteiger partial charge in [0.25, 0.3) is 0 Å². The van der Waals surface area contributed by atoms with Crippen LogP contribution in [0.4, 0.5) is 0 Å². The van der Waals surface area contributed by atoms with E-state index in [-0.39, 0.29) is 6.61 Å². The van der Waals surface area contributed by atoms with Gasteiger partial charge in [-0.1, -0.05) is 23.8 Å². The molecule has 0 bridgehead atoms. The smallest absolute Gasteiger partial charge is 0.331 e. The van der Waals surface area contributed by atoms with E-state index < -0.39 is 5.97 Å². The molecule has 0 N–H and O–H groups in total. The van der Waals surface area contributed by atoms with E-state index in [1.54, 1.807) is 20.3 Å². The highest BCUT2D eigenvalue weighted by atomic mass is 16.5. The maximum absolute atomic E-state index is 11.8. The number of hydrogen-bond donors (Lipinski definition) is 0. The highest BCUT2D eigenvalue weighted by Gasteiger charge is 2.05. The van der Waals surface area contributed by atoms with E-state index in [0.29, 0.717) is 5.75 Å². The molecule has 0 saturated heterocycles.